The van der Waals surface area contributed by atoms with Crippen molar-refractivity contribution in [3.63, 3.8) is 0 Å². The molecule has 0 aliphatic rings. The first-order valence-electron chi connectivity index (χ1n) is 8.66. The van der Waals surface area contributed by atoms with E-state index in [2.05, 4.69) is 19.9 Å². The number of rotatable bonds is 3. The van der Waals surface area contributed by atoms with Crippen LogP contribution in [-0.2, 0) is 5.41 Å². The largest absolute Gasteiger partial charge is 0.507 e. The molecular weight excluding hydrogens is 360 g/mol. The molecule has 2 heterocycles. The number of aromatic hydroxyl groups is 1. The van der Waals surface area contributed by atoms with Crippen molar-refractivity contribution in [3.05, 3.63) is 72.9 Å². The van der Waals surface area contributed by atoms with Gasteiger partial charge in [0.25, 0.3) is 11.1 Å². The summed E-state index contributed by atoms with van der Waals surface area (Å²) in [7, 11) is 1.49. The molecule has 0 amide bonds. The van der Waals surface area contributed by atoms with E-state index in [1.54, 1.807) is 18.5 Å². The second-order valence-corrected chi connectivity index (χ2v) is 7.36. The summed E-state index contributed by atoms with van der Waals surface area (Å²) in [6.45, 7) is 6.05. The molecule has 3 rings (SSSR count). The number of benzene rings is 1. The molecule has 0 atom stereocenters. The Labute approximate surface area is 160 Å². The number of imidazole rings is 1. The van der Waals surface area contributed by atoms with Crippen LogP contribution in [0.3, 0.4) is 0 Å². The smallest absolute Gasteiger partial charge is 0.272 e. The lowest BCUT2D eigenvalue weighted by Gasteiger charge is -2.16. The summed E-state index contributed by atoms with van der Waals surface area (Å²) in [4.78, 5) is 37.3. The molecule has 0 fully saturated rings. The Morgan fingerprint density at radius 2 is 1.71 bits per heavy atom. The highest BCUT2D eigenvalue weighted by Gasteiger charge is 2.19. The molecule has 28 heavy (non-hydrogen) atoms. The average Bonchev–Trinajstić information content (AvgIpc) is 3.09. The number of methoxy groups -OCH3 is 1. The molecule has 8 nitrogen and oxygen atoms in total. The quantitative estimate of drug-likeness (QED) is 0.524. The number of nitrogens with zero attached hydrogens (tertiary/aromatic N) is 1. The Morgan fingerprint density at radius 3 is 2.29 bits per heavy atom. The predicted molar refractivity (Wildman–Crippen MR) is 106 cm³/mol. The zero-order valence-electron chi connectivity index (χ0n) is 16.1. The Morgan fingerprint density at radius 1 is 1.07 bits per heavy atom. The van der Waals surface area contributed by atoms with Crippen molar-refractivity contribution in [2.75, 3.05) is 7.11 Å². The maximum Gasteiger partial charge on any atom is 0.272 e. The van der Waals surface area contributed by atoms with Crippen LogP contribution in [-0.4, -0.2) is 32.2 Å². The molecule has 0 saturated heterocycles. The molecule has 1 aromatic carbocycles. The Kier molecular flexibility index (Phi) is 4.96. The molecule has 0 radical (unpaired) electrons. The molecule has 0 bridgehead atoms. The lowest BCUT2D eigenvalue weighted by molar-refractivity contribution is 0.407. The molecule has 0 aliphatic heterocycles. The van der Waals surface area contributed by atoms with Crippen molar-refractivity contribution < 1.29 is 9.84 Å². The highest BCUT2D eigenvalue weighted by Crippen LogP contribution is 2.24. The summed E-state index contributed by atoms with van der Waals surface area (Å²) in [5.41, 5.74) is 0.649. The number of phenols is 1. The fraction of sp³-hybridized carbons (Fsp3) is 0.250. The Balaban J connectivity index is 2.12. The van der Waals surface area contributed by atoms with Gasteiger partial charge < -0.3 is 24.8 Å². The van der Waals surface area contributed by atoms with Crippen molar-refractivity contribution in [2.45, 2.75) is 26.2 Å². The molecule has 0 saturated carbocycles. The predicted octanol–water partition coefficient (Wildman–Crippen LogP) is 0.456. The lowest BCUT2D eigenvalue weighted by Crippen LogP contribution is -2.46. The van der Waals surface area contributed by atoms with Crippen LogP contribution in [0, 0.1) is 0 Å². The van der Waals surface area contributed by atoms with Gasteiger partial charge in [0.15, 0.2) is 0 Å². The van der Waals surface area contributed by atoms with E-state index < -0.39 is 11.1 Å². The van der Waals surface area contributed by atoms with E-state index in [-0.39, 0.29) is 21.9 Å². The van der Waals surface area contributed by atoms with Gasteiger partial charge in [-0.3, -0.25) is 9.59 Å². The fourth-order valence-corrected chi connectivity index (χ4v) is 2.78. The highest BCUT2D eigenvalue weighted by molar-refractivity contribution is 5.57. The molecule has 146 valence electrons. The number of ether oxygens (including phenoxy) is 1. The number of phenolic OH excluding ortho intramolecular Hbond substituents is 1. The molecule has 2 aromatic heterocycles. The van der Waals surface area contributed by atoms with Crippen molar-refractivity contribution in [1.29, 1.82) is 0 Å². The maximum atomic E-state index is 12.5. The molecule has 3 aromatic rings. The third-order valence-electron chi connectivity index (χ3n) is 4.22. The lowest BCUT2D eigenvalue weighted by atomic mass is 9.90. The monoisotopic (exact) mass is 382 g/mol. The number of hydrogen-bond acceptors (Lipinski definition) is 5. The van der Waals surface area contributed by atoms with Crippen LogP contribution in [0.1, 0.15) is 37.7 Å². The highest BCUT2D eigenvalue weighted by atomic mass is 16.5. The first-order chi connectivity index (χ1) is 13.2. The molecule has 0 unspecified atom stereocenters. The summed E-state index contributed by atoms with van der Waals surface area (Å²) in [5, 5.41) is 10.2. The van der Waals surface area contributed by atoms with Crippen LogP contribution in [0.25, 0.3) is 12.2 Å². The van der Waals surface area contributed by atoms with Crippen molar-refractivity contribution in [1.82, 2.24) is 19.9 Å². The van der Waals surface area contributed by atoms with Gasteiger partial charge in [-0.05, 0) is 24.3 Å². The zero-order chi connectivity index (χ0) is 20.5. The number of nitrogens with one attached hydrogen (secondary N) is 3. The van der Waals surface area contributed by atoms with E-state index in [0.29, 0.717) is 17.0 Å². The van der Waals surface area contributed by atoms with Crippen LogP contribution in [0.2, 0.25) is 0 Å². The second kappa shape index (κ2) is 7.22. The van der Waals surface area contributed by atoms with E-state index >= 15 is 0 Å². The first kappa shape index (κ1) is 19.2. The van der Waals surface area contributed by atoms with Gasteiger partial charge in [0.05, 0.1) is 19.1 Å². The van der Waals surface area contributed by atoms with Gasteiger partial charge in [-0.25, -0.2) is 4.98 Å². The van der Waals surface area contributed by atoms with Crippen molar-refractivity contribution in [3.8, 4) is 11.5 Å². The number of H-pyrrole nitrogens is 3. The van der Waals surface area contributed by atoms with Gasteiger partial charge in [0.1, 0.15) is 22.2 Å². The number of aromatic amines is 3. The summed E-state index contributed by atoms with van der Waals surface area (Å²) in [6.07, 6.45) is 4.48. The number of hydrogen-bond donors (Lipinski definition) is 4. The topological polar surface area (TPSA) is 124 Å². The third kappa shape index (κ3) is 3.90. The normalized spacial score (nSPS) is 13.1. The van der Waals surface area contributed by atoms with Crippen LogP contribution >= 0.6 is 0 Å². The SMILES string of the molecule is COc1ccc(C=c2[nH]c(=O)c(=Cc3nc[nH]c3C(C)(C)C)[nH]c2=O)c(O)c1. The summed E-state index contributed by atoms with van der Waals surface area (Å²) >= 11 is 0. The van der Waals surface area contributed by atoms with Gasteiger partial charge in [0, 0.05) is 22.7 Å². The third-order valence-corrected chi connectivity index (χ3v) is 4.22. The van der Waals surface area contributed by atoms with Gasteiger partial charge >= 0.3 is 0 Å². The summed E-state index contributed by atoms with van der Waals surface area (Å²) in [5.74, 6) is 0.414. The van der Waals surface area contributed by atoms with Gasteiger partial charge in [-0.1, -0.05) is 20.8 Å². The summed E-state index contributed by atoms with van der Waals surface area (Å²) < 4.78 is 5.03. The maximum absolute atomic E-state index is 12.5. The van der Waals surface area contributed by atoms with E-state index in [0.717, 1.165) is 5.69 Å². The van der Waals surface area contributed by atoms with Crippen LogP contribution in [0.15, 0.2) is 34.1 Å². The van der Waals surface area contributed by atoms with E-state index in [4.69, 9.17) is 4.74 Å². The van der Waals surface area contributed by atoms with E-state index in [9.17, 15) is 14.7 Å². The minimum Gasteiger partial charge on any atom is -0.507 e. The first-order valence-corrected chi connectivity index (χ1v) is 8.66. The van der Waals surface area contributed by atoms with E-state index in [1.807, 2.05) is 20.8 Å². The average molecular weight is 382 g/mol. The molecule has 8 heteroatoms. The van der Waals surface area contributed by atoms with Crippen LogP contribution < -0.4 is 26.6 Å². The van der Waals surface area contributed by atoms with Crippen LogP contribution in [0.5, 0.6) is 11.5 Å². The molecule has 0 aliphatic carbocycles. The van der Waals surface area contributed by atoms with Gasteiger partial charge in [0.2, 0.25) is 0 Å². The molecule has 0 spiro atoms. The standard InChI is InChI=1S/C20H22N4O4/c1-20(2,3)17-13(21-10-22-17)9-15-19(27)23-14(18(26)24-15)7-11-5-6-12(28-4)8-16(11)25/h5-10,25H,1-4H3,(H,21,22)(H,23,27)(H,24,26). The summed E-state index contributed by atoms with van der Waals surface area (Å²) in [6, 6.07) is 4.66. The zero-order valence-corrected chi connectivity index (χ0v) is 16.1. The van der Waals surface area contributed by atoms with Gasteiger partial charge in [-0.2, -0.15) is 0 Å². The van der Waals surface area contributed by atoms with Crippen molar-refractivity contribution in [2.24, 2.45) is 0 Å². The second-order valence-electron chi connectivity index (χ2n) is 7.36. The Hall–Kier alpha value is -3.55. The fourth-order valence-electron chi connectivity index (χ4n) is 2.78. The number of aromatic nitrogens is 4. The molecule has 4 N–H and O–H groups in total. The van der Waals surface area contributed by atoms with Gasteiger partial charge in [-0.15, -0.1) is 0 Å². The molecular formula is C20H22N4O4. The van der Waals surface area contributed by atoms with Crippen molar-refractivity contribution >= 4 is 12.2 Å². The minimum absolute atomic E-state index is 0.0284. The minimum atomic E-state index is -0.492. The van der Waals surface area contributed by atoms with E-state index in [1.165, 1.54) is 25.3 Å². The van der Waals surface area contributed by atoms with Crippen LogP contribution in [0.4, 0.5) is 0 Å². The Bertz CT molecular complexity index is 1240.